The first-order chi connectivity index (χ1) is 9.51. The Morgan fingerprint density at radius 1 is 0.700 bits per heavy atom. The van der Waals surface area contributed by atoms with Crippen molar-refractivity contribution in [1.29, 1.82) is 0 Å². The predicted octanol–water partition coefficient (Wildman–Crippen LogP) is 7.40. The third kappa shape index (κ3) is 7.96. The Morgan fingerprint density at radius 2 is 1.15 bits per heavy atom. The van der Waals surface area contributed by atoms with Crippen LogP contribution < -0.4 is 0 Å². The fraction of sp³-hybridized carbons (Fsp3) is 0.882. The molecule has 0 aliphatic carbocycles. The minimum absolute atomic E-state index is 0.104. The predicted molar refractivity (Wildman–Crippen MR) is 80.6 cm³/mol. The molecule has 0 radical (unpaired) electrons. The van der Waals surface area contributed by atoms with Crippen LogP contribution in [0.25, 0.3) is 0 Å². The van der Waals surface area contributed by atoms with Gasteiger partial charge in [-0.25, -0.2) is 4.39 Å². The minimum Gasteiger partial charge on any atom is -0.206 e. The van der Waals surface area contributed by atoms with Crippen molar-refractivity contribution in [2.24, 2.45) is 5.41 Å². The van der Waals surface area contributed by atoms with Crippen LogP contribution in [0, 0.1) is 5.41 Å². The maximum atomic E-state index is 12.5. The molecule has 0 fully saturated rings. The Kier molecular flexibility index (Phi) is 11.0. The van der Waals surface area contributed by atoms with Gasteiger partial charge in [-0.1, -0.05) is 72.1 Å². The summed E-state index contributed by atoms with van der Waals surface area (Å²) in [5, 5.41) is 0. The Balaban J connectivity index is 3.56. The molecule has 0 aliphatic heterocycles. The highest BCUT2D eigenvalue weighted by Gasteiger charge is 2.22. The van der Waals surface area contributed by atoms with Crippen molar-refractivity contribution in [3.63, 3.8) is 0 Å². The molecule has 0 heterocycles. The fourth-order valence-corrected chi connectivity index (χ4v) is 2.86. The molecule has 120 valence electrons. The lowest BCUT2D eigenvalue weighted by molar-refractivity contribution is 0.220. The zero-order valence-electron chi connectivity index (χ0n) is 13.4. The van der Waals surface area contributed by atoms with Crippen molar-refractivity contribution in [3.8, 4) is 0 Å². The summed E-state index contributed by atoms with van der Waals surface area (Å²) in [6.07, 6.45) is 8.79. The molecule has 0 aromatic heterocycles. The van der Waals surface area contributed by atoms with Gasteiger partial charge in [0.2, 0.25) is 0 Å². The van der Waals surface area contributed by atoms with Crippen molar-refractivity contribution in [3.05, 3.63) is 11.9 Å². The maximum Gasteiger partial charge on any atom is 0.301 e. The van der Waals surface area contributed by atoms with Gasteiger partial charge in [-0.05, 0) is 18.3 Å². The molecule has 0 spiro atoms. The van der Waals surface area contributed by atoms with Crippen molar-refractivity contribution in [1.82, 2.24) is 0 Å². The van der Waals surface area contributed by atoms with Gasteiger partial charge < -0.3 is 0 Å². The first-order valence-corrected chi connectivity index (χ1v) is 8.21. The van der Waals surface area contributed by atoms with E-state index in [9.17, 15) is 13.2 Å². The molecule has 0 bridgehead atoms. The van der Waals surface area contributed by atoms with Crippen LogP contribution in [0.5, 0.6) is 0 Å². The molecule has 0 rings (SSSR count). The highest BCUT2D eigenvalue weighted by atomic mass is 19.3. The van der Waals surface area contributed by atoms with Crippen LogP contribution >= 0.6 is 0 Å². The standard InChI is InChI=1S/C17H31F3/c1-4-17(5-2,6-3)14-12-10-8-7-9-11-13-15(18)16(19)20/h4-14H2,1-3H3. The molecule has 0 nitrogen and oxygen atoms in total. The lowest BCUT2D eigenvalue weighted by Gasteiger charge is -2.30. The molecule has 0 aromatic rings. The van der Waals surface area contributed by atoms with Crippen LogP contribution in [-0.4, -0.2) is 0 Å². The number of hydrogen-bond acceptors (Lipinski definition) is 0. The van der Waals surface area contributed by atoms with Gasteiger partial charge in [-0.2, -0.15) is 8.78 Å². The number of hydrogen-bond donors (Lipinski definition) is 0. The molecule has 0 aliphatic rings. The van der Waals surface area contributed by atoms with E-state index < -0.39 is 11.9 Å². The number of rotatable bonds is 12. The normalized spacial score (nSPS) is 11.7. The van der Waals surface area contributed by atoms with Crippen molar-refractivity contribution in [2.45, 2.75) is 91.4 Å². The molecule has 0 aromatic carbocycles. The van der Waals surface area contributed by atoms with E-state index >= 15 is 0 Å². The molecular formula is C17H31F3. The zero-order chi connectivity index (χ0) is 15.4. The summed E-state index contributed by atoms with van der Waals surface area (Å²) in [7, 11) is 0. The summed E-state index contributed by atoms with van der Waals surface area (Å²) in [6.45, 7) is 6.83. The molecule has 0 saturated heterocycles. The largest absolute Gasteiger partial charge is 0.301 e. The summed E-state index contributed by atoms with van der Waals surface area (Å²) in [6, 6.07) is 0. The van der Waals surface area contributed by atoms with Crippen molar-refractivity contribution >= 4 is 0 Å². The molecule has 20 heavy (non-hydrogen) atoms. The lowest BCUT2D eigenvalue weighted by atomic mass is 9.75. The zero-order valence-corrected chi connectivity index (χ0v) is 13.4. The highest BCUT2D eigenvalue weighted by Crippen LogP contribution is 2.36. The number of halogens is 3. The fourth-order valence-electron chi connectivity index (χ4n) is 2.86. The second-order valence-corrected chi connectivity index (χ2v) is 5.85. The van der Waals surface area contributed by atoms with E-state index in [1.165, 1.54) is 38.5 Å². The Hall–Kier alpha value is -0.470. The van der Waals surface area contributed by atoms with Crippen LogP contribution in [0.15, 0.2) is 11.9 Å². The Morgan fingerprint density at radius 3 is 1.60 bits per heavy atom. The molecule has 0 saturated carbocycles. The lowest BCUT2D eigenvalue weighted by Crippen LogP contribution is -2.17. The summed E-state index contributed by atoms with van der Waals surface area (Å²) in [5.41, 5.74) is 0.520. The van der Waals surface area contributed by atoms with Gasteiger partial charge in [-0.15, -0.1) is 0 Å². The first kappa shape index (κ1) is 19.5. The topological polar surface area (TPSA) is 0 Å². The molecular weight excluding hydrogens is 261 g/mol. The van der Waals surface area contributed by atoms with Gasteiger partial charge >= 0.3 is 6.08 Å². The Labute approximate surface area is 122 Å². The smallest absolute Gasteiger partial charge is 0.206 e. The first-order valence-electron chi connectivity index (χ1n) is 8.21. The average Bonchev–Trinajstić information content (AvgIpc) is 2.46. The summed E-state index contributed by atoms with van der Waals surface area (Å²) in [4.78, 5) is 0. The van der Waals surface area contributed by atoms with Crippen LogP contribution in [-0.2, 0) is 0 Å². The van der Waals surface area contributed by atoms with E-state index in [-0.39, 0.29) is 6.42 Å². The van der Waals surface area contributed by atoms with Gasteiger partial charge in [-0.3, -0.25) is 0 Å². The van der Waals surface area contributed by atoms with Crippen LogP contribution in [0.1, 0.15) is 91.4 Å². The average molecular weight is 292 g/mol. The van der Waals surface area contributed by atoms with Gasteiger partial charge in [0, 0.05) is 6.42 Å². The van der Waals surface area contributed by atoms with Crippen molar-refractivity contribution < 1.29 is 13.2 Å². The van der Waals surface area contributed by atoms with Gasteiger partial charge in [0.15, 0.2) is 5.83 Å². The summed E-state index contributed by atoms with van der Waals surface area (Å²) in [5.74, 6) is -1.23. The highest BCUT2D eigenvalue weighted by molar-refractivity contribution is 4.90. The van der Waals surface area contributed by atoms with E-state index in [4.69, 9.17) is 0 Å². The van der Waals surface area contributed by atoms with E-state index in [0.717, 1.165) is 19.3 Å². The minimum atomic E-state index is -2.15. The van der Waals surface area contributed by atoms with Gasteiger partial charge in [0.05, 0.1) is 0 Å². The van der Waals surface area contributed by atoms with Crippen LogP contribution in [0.3, 0.4) is 0 Å². The second kappa shape index (κ2) is 11.2. The quantitative estimate of drug-likeness (QED) is 0.329. The molecule has 0 N–H and O–H groups in total. The maximum absolute atomic E-state index is 12.5. The van der Waals surface area contributed by atoms with Crippen LogP contribution in [0.2, 0.25) is 0 Å². The van der Waals surface area contributed by atoms with Gasteiger partial charge in [0.25, 0.3) is 0 Å². The van der Waals surface area contributed by atoms with Crippen molar-refractivity contribution in [2.75, 3.05) is 0 Å². The van der Waals surface area contributed by atoms with Crippen LogP contribution in [0.4, 0.5) is 13.2 Å². The molecule has 0 unspecified atom stereocenters. The van der Waals surface area contributed by atoms with E-state index in [2.05, 4.69) is 20.8 Å². The third-order valence-electron chi connectivity index (χ3n) is 4.81. The molecule has 3 heteroatoms. The number of allylic oxidation sites excluding steroid dienone is 1. The monoisotopic (exact) mass is 292 g/mol. The summed E-state index contributed by atoms with van der Waals surface area (Å²) < 4.78 is 36.2. The second-order valence-electron chi connectivity index (χ2n) is 5.85. The Bertz CT molecular complexity index is 255. The summed E-state index contributed by atoms with van der Waals surface area (Å²) >= 11 is 0. The van der Waals surface area contributed by atoms with E-state index in [1.807, 2.05) is 0 Å². The molecule has 0 atom stereocenters. The molecule has 0 amide bonds. The van der Waals surface area contributed by atoms with E-state index in [0.29, 0.717) is 11.8 Å². The SMILES string of the molecule is CCC(CC)(CC)CCCCCCCCC(F)=C(F)F. The number of unbranched alkanes of at least 4 members (excludes halogenated alkanes) is 5. The van der Waals surface area contributed by atoms with Gasteiger partial charge in [0.1, 0.15) is 0 Å². The third-order valence-corrected chi connectivity index (χ3v) is 4.81. The van der Waals surface area contributed by atoms with E-state index in [1.54, 1.807) is 0 Å².